The Balaban J connectivity index is 1.97. The molecule has 1 heterocycles. The maximum atomic E-state index is 12.0. The monoisotopic (exact) mass is 348 g/mol. The average molecular weight is 348 g/mol. The van der Waals surface area contributed by atoms with Crippen LogP contribution in [0.2, 0.25) is 0 Å². The van der Waals surface area contributed by atoms with Crippen LogP contribution in [0.25, 0.3) is 11.1 Å². The Bertz CT molecular complexity index is 940. The van der Waals surface area contributed by atoms with Crippen LogP contribution in [-0.2, 0) is 4.79 Å². The van der Waals surface area contributed by atoms with E-state index >= 15 is 0 Å². The fourth-order valence-corrected chi connectivity index (χ4v) is 3.04. The van der Waals surface area contributed by atoms with Gasteiger partial charge in [-0.15, -0.1) is 0 Å². The van der Waals surface area contributed by atoms with E-state index in [0.29, 0.717) is 18.5 Å². The van der Waals surface area contributed by atoms with Gasteiger partial charge in [0, 0.05) is 17.7 Å². The molecule has 0 radical (unpaired) electrons. The molecule has 0 spiro atoms. The van der Waals surface area contributed by atoms with E-state index in [1.807, 2.05) is 37.3 Å². The number of aliphatic hydroxyl groups excluding tert-OH is 1. The van der Waals surface area contributed by atoms with E-state index < -0.39 is 11.3 Å². The molecular formula is C21H20N2O3. The normalized spacial score (nSPS) is 18.8. The highest BCUT2D eigenvalue weighted by Gasteiger charge is 2.40. The maximum absolute atomic E-state index is 12.0. The summed E-state index contributed by atoms with van der Waals surface area (Å²) in [4.78, 5) is 23.4. The summed E-state index contributed by atoms with van der Waals surface area (Å²) in [6.45, 7) is 2.13. The quantitative estimate of drug-likeness (QED) is 0.736. The van der Waals surface area contributed by atoms with Crippen LogP contribution in [0, 0.1) is 24.2 Å². The van der Waals surface area contributed by atoms with E-state index in [1.165, 1.54) is 0 Å². The number of hydrogen-bond donors (Lipinski definition) is 3. The number of carbonyl (C=O) groups excluding carboxylic acids is 2. The van der Waals surface area contributed by atoms with Crippen molar-refractivity contribution in [3.05, 3.63) is 59.2 Å². The van der Waals surface area contributed by atoms with E-state index in [4.69, 9.17) is 5.73 Å². The van der Waals surface area contributed by atoms with E-state index in [2.05, 4.69) is 17.2 Å². The SMILES string of the molecule is Cc1cc(C(N)=O)cc(-c2cccc(C#C[C@@]3(CO)CCNC3=O)c2)c1. The Labute approximate surface area is 152 Å². The van der Waals surface area contributed by atoms with Gasteiger partial charge in [0.2, 0.25) is 11.8 Å². The third-order valence-electron chi connectivity index (χ3n) is 4.55. The molecule has 3 rings (SSSR count). The van der Waals surface area contributed by atoms with Gasteiger partial charge in [0.05, 0.1) is 6.61 Å². The van der Waals surface area contributed by atoms with Crippen molar-refractivity contribution in [1.82, 2.24) is 5.32 Å². The second-order valence-electron chi connectivity index (χ2n) is 6.53. The number of hydrogen-bond acceptors (Lipinski definition) is 3. The number of nitrogens with two attached hydrogens (primary N) is 1. The van der Waals surface area contributed by atoms with Gasteiger partial charge in [0.25, 0.3) is 0 Å². The van der Waals surface area contributed by atoms with Crippen LogP contribution in [-0.4, -0.2) is 30.1 Å². The lowest BCUT2D eigenvalue weighted by Gasteiger charge is -2.15. The molecular weight excluding hydrogens is 328 g/mol. The molecule has 2 amide bonds. The van der Waals surface area contributed by atoms with Crippen molar-refractivity contribution in [3.8, 4) is 23.0 Å². The Hall–Kier alpha value is -3.10. The highest BCUT2D eigenvalue weighted by molar-refractivity contribution is 5.94. The predicted octanol–water partition coefficient (Wildman–Crippen LogP) is 1.61. The zero-order chi connectivity index (χ0) is 18.7. The van der Waals surface area contributed by atoms with Crippen LogP contribution in [0.3, 0.4) is 0 Å². The first-order valence-corrected chi connectivity index (χ1v) is 8.38. The van der Waals surface area contributed by atoms with Crippen molar-refractivity contribution in [2.45, 2.75) is 13.3 Å². The maximum Gasteiger partial charge on any atom is 0.248 e. The minimum atomic E-state index is -1.03. The van der Waals surface area contributed by atoms with E-state index in [1.54, 1.807) is 12.1 Å². The van der Waals surface area contributed by atoms with Gasteiger partial charge in [0.1, 0.15) is 5.41 Å². The van der Waals surface area contributed by atoms with Gasteiger partial charge in [-0.3, -0.25) is 9.59 Å². The van der Waals surface area contributed by atoms with Crippen molar-refractivity contribution in [1.29, 1.82) is 0 Å². The van der Waals surface area contributed by atoms with Crippen molar-refractivity contribution >= 4 is 11.8 Å². The number of aliphatic hydroxyl groups is 1. The van der Waals surface area contributed by atoms with Crippen LogP contribution < -0.4 is 11.1 Å². The van der Waals surface area contributed by atoms with Crippen molar-refractivity contribution in [2.75, 3.05) is 13.2 Å². The number of carbonyl (C=O) groups is 2. The molecule has 1 atom stereocenters. The lowest BCUT2D eigenvalue weighted by molar-refractivity contribution is -0.126. The molecule has 4 N–H and O–H groups in total. The highest BCUT2D eigenvalue weighted by Crippen LogP contribution is 2.26. The van der Waals surface area contributed by atoms with E-state index in [0.717, 1.165) is 22.3 Å². The average Bonchev–Trinajstić information content (AvgIpc) is 3.00. The Kier molecular flexibility index (Phi) is 4.79. The van der Waals surface area contributed by atoms with Gasteiger partial charge in [-0.2, -0.15) is 0 Å². The van der Waals surface area contributed by atoms with Gasteiger partial charge in [-0.05, 0) is 54.3 Å². The minimum absolute atomic E-state index is 0.228. The summed E-state index contributed by atoms with van der Waals surface area (Å²) in [5.41, 5.74) is 8.27. The third kappa shape index (κ3) is 3.46. The number of benzene rings is 2. The molecule has 0 unspecified atom stereocenters. The summed E-state index contributed by atoms with van der Waals surface area (Å²) < 4.78 is 0. The highest BCUT2D eigenvalue weighted by atomic mass is 16.3. The summed E-state index contributed by atoms with van der Waals surface area (Å²) in [5.74, 6) is 5.26. The fourth-order valence-electron chi connectivity index (χ4n) is 3.04. The zero-order valence-corrected chi connectivity index (χ0v) is 14.5. The molecule has 0 aliphatic carbocycles. The van der Waals surface area contributed by atoms with Crippen molar-refractivity contribution in [3.63, 3.8) is 0 Å². The first kappa shape index (κ1) is 17.7. The molecule has 0 saturated carbocycles. The number of nitrogens with one attached hydrogen (secondary N) is 1. The van der Waals surface area contributed by atoms with Crippen LogP contribution in [0.1, 0.15) is 27.9 Å². The van der Waals surface area contributed by atoms with Crippen molar-refractivity contribution < 1.29 is 14.7 Å². The standard InChI is InChI=1S/C21H20N2O3/c1-14-9-17(12-18(10-14)19(22)25)16-4-2-3-15(11-16)5-6-21(13-24)7-8-23-20(21)26/h2-4,9-12,24H,7-8,13H2,1H3,(H2,22,25)(H,23,26)/t21-/m0/s1. The third-order valence-corrected chi connectivity index (χ3v) is 4.55. The first-order valence-electron chi connectivity index (χ1n) is 8.38. The molecule has 0 bridgehead atoms. The molecule has 5 heteroatoms. The first-order chi connectivity index (χ1) is 12.4. The lowest BCUT2D eigenvalue weighted by Crippen LogP contribution is -2.33. The Morgan fingerprint density at radius 3 is 2.73 bits per heavy atom. The van der Waals surface area contributed by atoms with E-state index in [9.17, 15) is 14.7 Å². The van der Waals surface area contributed by atoms with Crippen LogP contribution in [0.5, 0.6) is 0 Å². The van der Waals surface area contributed by atoms with Crippen LogP contribution >= 0.6 is 0 Å². The molecule has 1 aliphatic heterocycles. The number of amides is 2. The van der Waals surface area contributed by atoms with Crippen molar-refractivity contribution in [2.24, 2.45) is 11.1 Å². The summed E-state index contributed by atoms with van der Waals surface area (Å²) >= 11 is 0. The summed E-state index contributed by atoms with van der Waals surface area (Å²) in [7, 11) is 0. The molecule has 132 valence electrons. The van der Waals surface area contributed by atoms with Gasteiger partial charge in [-0.25, -0.2) is 0 Å². The zero-order valence-electron chi connectivity index (χ0n) is 14.5. The molecule has 2 aromatic rings. The predicted molar refractivity (Wildman–Crippen MR) is 99.2 cm³/mol. The van der Waals surface area contributed by atoms with E-state index in [-0.39, 0.29) is 12.5 Å². The lowest BCUT2D eigenvalue weighted by atomic mass is 9.88. The molecule has 5 nitrogen and oxygen atoms in total. The van der Waals surface area contributed by atoms with Gasteiger partial charge < -0.3 is 16.2 Å². The molecule has 26 heavy (non-hydrogen) atoms. The fraction of sp³-hybridized carbons (Fsp3) is 0.238. The number of primary amides is 1. The van der Waals surface area contributed by atoms with Crippen LogP contribution in [0.15, 0.2) is 42.5 Å². The topological polar surface area (TPSA) is 92.4 Å². The second kappa shape index (κ2) is 7.03. The molecule has 0 aromatic heterocycles. The molecule has 1 aliphatic rings. The Morgan fingerprint density at radius 1 is 1.27 bits per heavy atom. The number of aryl methyl sites for hydroxylation is 1. The smallest absolute Gasteiger partial charge is 0.248 e. The van der Waals surface area contributed by atoms with Gasteiger partial charge in [0.15, 0.2) is 0 Å². The summed E-state index contributed by atoms with van der Waals surface area (Å²) in [6, 6.07) is 13.0. The minimum Gasteiger partial charge on any atom is -0.394 e. The van der Waals surface area contributed by atoms with Gasteiger partial charge in [-0.1, -0.05) is 30.0 Å². The molecule has 1 fully saturated rings. The summed E-state index contributed by atoms with van der Waals surface area (Å²) in [6.07, 6.45) is 0.495. The molecule has 1 saturated heterocycles. The second-order valence-corrected chi connectivity index (χ2v) is 6.53. The van der Waals surface area contributed by atoms with Crippen LogP contribution in [0.4, 0.5) is 0 Å². The largest absolute Gasteiger partial charge is 0.394 e. The summed E-state index contributed by atoms with van der Waals surface area (Å²) in [5, 5.41) is 12.3. The van der Waals surface area contributed by atoms with Gasteiger partial charge >= 0.3 is 0 Å². The Morgan fingerprint density at radius 2 is 2.08 bits per heavy atom. The number of rotatable bonds is 3. The molecule has 2 aromatic carbocycles.